The average molecular weight is 492 g/mol. The van der Waals surface area contributed by atoms with E-state index in [2.05, 4.69) is 85.0 Å². The number of benzene rings is 2. The van der Waals surface area contributed by atoms with E-state index in [0.717, 1.165) is 26.3 Å². The van der Waals surface area contributed by atoms with Crippen LogP contribution in [0, 0.1) is 17.2 Å². The number of nitrogens with zero attached hydrogens (tertiary/aromatic N) is 1. The zero-order chi connectivity index (χ0) is 24.2. The normalized spacial score (nSPS) is 15.9. The van der Waals surface area contributed by atoms with Gasteiger partial charge >= 0.3 is 5.97 Å². The predicted octanol–water partition coefficient (Wildman–Crippen LogP) is 8.29. The Morgan fingerprint density at radius 1 is 0.971 bits per heavy atom. The Bertz CT molecular complexity index is 1510. The Hall–Kier alpha value is -3.98. The maximum atomic E-state index is 11.1. The summed E-state index contributed by atoms with van der Waals surface area (Å²) in [4.78, 5) is 13.0. The topological polar surface area (TPSA) is 61.1 Å². The molecule has 35 heavy (non-hydrogen) atoms. The smallest absolute Gasteiger partial charge is 0.346 e. The van der Waals surface area contributed by atoms with Crippen LogP contribution in [0.1, 0.15) is 22.4 Å². The Morgan fingerprint density at radius 3 is 2.40 bits per heavy atom. The number of carboxylic acids is 1. The summed E-state index contributed by atoms with van der Waals surface area (Å²) in [5.41, 5.74) is 4.62. The summed E-state index contributed by atoms with van der Waals surface area (Å²) in [6, 6.07) is 25.0. The molecule has 2 heterocycles. The summed E-state index contributed by atoms with van der Waals surface area (Å²) in [6.45, 7) is 0. The van der Waals surface area contributed by atoms with Crippen molar-refractivity contribution >= 4 is 55.8 Å². The van der Waals surface area contributed by atoms with Gasteiger partial charge in [0.2, 0.25) is 0 Å². The van der Waals surface area contributed by atoms with Gasteiger partial charge in [-0.2, -0.15) is 5.26 Å². The van der Waals surface area contributed by atoms with Crippen molar-refractivity contribution in [1.29, 1.82) is 5.26 Å². The maximum absolute atomic E-state index is 11.1. The fourth-order valence-corrected chi connectivity index (χ4v) is 6.48. The number of allylic oxidation sites excluding steroid dienone is 5. The first-order valence-electron chi connectivity index (χ1n) is 11.2. The molecule has 1 atom stereocenters. The van der Waals surface area contributed by atoms with Gasteiger partial charge in [0.25, 0.3) is 0 Å². The second-order valence-corrected chi connectivity index (χ2v) is 10.4. The summed E-state index contributed by atoms with van der Waals surface area (Å²) in [7, 11) is 0. The number of carboxylic acid groups (broad SMARTS) is 1. The summed E-state index contributed by atoms with van der Waals surface area (Å²) < 4.78 is 2.18. The van der Waals surface area contributed by atoms with Crippen molar-refractivity contribution in [1.82, 2.24) is 0 Å². The summed E-state index contributed by atoms with van der Waals surface area (Å²) >= 11 is 3.17. The predicted molar refractivity (Wildman–Crippen MR) is 147 cm³/mol. The molecule has 0 radical (unpaired) electrons. The fourth-order valence-electron chi connectivity index (χ4n) is 4.12. The Morgan fingerprint density at radius 2 is 1.74 bits per heavy atom. The number of thiophene rings is 2. The third-order valence-electron chi connectivity index (χ3n) is 5.87. The first kappa shape index (κ1) is 22.8. The molecule has 1 aliphatic carbocycles. The molecule has 1 N–H and O–H groups in total. The molecule has 0 bridgehead atoms. The van der Waals surface area contributed by atoms with Crippen LogP contribution in [0.25, 0.3) is 37.6 Å². The molecule has 170 valence electrons. The van der Waals surface area contributed by atoms with Gasteiger partial charge in [0, 0.05) is 25.1 Å². The van der Waals surface area contributed by atoms with Gasteiger partial charge in [-0.3, -0.25) is 0 Å². The number of hydrogen-bond acceptors (Lipinski definition) is 4. The highest BCUT2D eigenvalue weighted by molar-refractivity contribution is 7.29. The minimum absolute atomic E-state index is 0.252. The molecule has 2 aromatic carbocycles. The molecule has 0 spiro atoms. The lowest BCUT2D eigenvalue weighted by atomic mass is 9.86. The molecule has 0 fully saturated rings. The lowest BCUT2D eigenvalue weighted by Gasteiger charge is -2.18. The number of nitriles is 1. The van der Waals surface area contributed by atoms with Crippen LogP contribution in [0.3, 0.4) is 0 Å². The second-order valence-electron chi connectivity index (χ2n) is 8.21. The SMILES string of the molecule is N#C/C(=C\c1cc2sc(-c3ccc(/C=C(/c4ccccc4)C4C=CC=CC4)cc3)cc2s1)C(=O)O. The molecule has 0 aliphatic heterocycles. The molecule has 0 saturated heterocycles. The van der Waals surface area contributed by atoms with Gasteiger partial charge in [0.1, 0.15) is 11.6 Å². The van der Waals surface area contributed by atoms with Crippen LogP contribution in [0.4, 0.5) is 0 Å². The number of hydrogen-bond donors (Lipinski definition) is 1. The van der Waals surface area contributed by atoms with Crippen LogP contribution in [0.2, 0.25) is 0 Å². The largest absolute Gasteiger partial charge is 0.477 e. The monoisotopic (exact) mass is 491 g/mol. The van der Waals surface area contributed by atoms with Crippen LogP contribution in [0.15, 0.2) is 96.6 Å². The van der Waals surface area contributed by atoms with E-state index in [1.807, 2.05) is 12.1 Å². The summed E-state index contributed by atoms with van der Waals surface area (Å²) in [6.07, 6.45) is 13.4. The van der Waals surface area contributed by atoms with E-state index in [4.69, 9.17) is 10.4 Å². The van der Waals surface area contributed by atoms with Crippen molar-refractivity contribution in [2.24, 2.45) is 5.92 Å². The van der Waals surface area contributed by atoms with E-state index in [1.54, 1.807) is 17.4 Å². The molecule has 3 nitrogen and oxygen atoms in total. The number of fused-ring (bicyclic) bond motifs is 1. The van der Waals surface area contributed by atoms with Gasteiger partial charge < -0.3 is 5.11 Å². The summed E-state index contributed by atoms with van der Waals surface area (Å²) in [5, 5.41) is 18.1. The minimum Gasteiger partial charge on any atom is -0.477 e. The minimum atomic E-state index is -1.20. The highest BCUT2D eigenvalue weighted by Gasteiger charge is 2.14. The molecule has 0 saturated carbocycles. The Balaban J connectivity index is 1.42. The molecule has 0 amide bonds. The molecule has 4 aromatic rings. The quantitative estimate of drug-likeness (QED) is 0.168. The zero-order valence-corrected chi connectivity index (χ0v) is 20.4. The van der Waals surface area contributed by atoms with E-state index in [1.165, 1.54) is 39.0 Å². The van der Waals surface area contributed by atoms with E-state index < -0.39 is 5.97 Å². The standard InChI is InChI=1S/C30H21NO2S2/c31-19-24(30(32)33)16-25-17-28-29(34-25)18-27(35-28)23-13-11-20(12-14-23)15-26(21-7-3-1-4-8-21)22-9-5-2-6-10-22/h1-9,11-18,22H,10H2,(H,32,33)/b24-16+,26-15-. The first-order valence-corrected chi connectivity index (χ1v) is 12.8. The first-order chi connectivity index (χ1) is 17.1. The van der Waals surface area contributed by atoms with Gasteiger partial charge in [0.15, 0.2) is 0 Å². The van der Waals surface area contributed by atoms with Crippen molar-refractivity contribution < 1.29 is 9.90 Å². The molecule has 1 aliphatic rings. The maximum Gasteiger partial charge on any atom is 0.346 e. The van der Waals surface area contributed by atoms with E-state index in [9.17, 15) is 4.79 Å². The van der Waals surface area contributed by atoms with Gasteiger partial charge in [-0.15, -0.1) is 22.7 Å². The van der Waals surface area contributed by atoms with E-state index in [0.29, 0.717) is 5.92 Å². The molecular formula is C30H21NO2S2. The number of rotatable bonds is 6. The highest BCUT2D eigenvalue weighted by atomic mass is 32.1. The van der Waals surface area contributed by atoms with E-state index in [-0.39, 0.29) is 5.57 Å². The van der Waals surface area contributed by atoms with Crippen molar-refractivity contribution in [2.75, 3.05) is 0 Å². The van der Waals surface area contributed by atoms with Gasteiger partial charge in [0.05, 0.1) is 0 Å². The van der Waals surface area contributed by atoms with Crippen LogP contribution < -0.4 is 0 Å². The Labute approximate surface area is 211 Å². The van der Waals surface area contributed by atoms with Gasteiger partial charge in [-0.25, -0.2) is 4.79 Å². The van der Waals surface area contributed by atoms with Crippen LogP contribution >= 0.6 is 22.7 Å². The Kier molecular flexibility index (Phi) is 6.58. The van der Waals surface area contributed by atoms with Crippen LogP contribution in [-0.2, 0) is 4.79 Å². The lowest BCUT2D eigenvalue weighted by molar-refractivity contribution is -0.132. The van der Waals surface area contributed by atoms with Gasteiger partial charge in [-0.05, 0) is 46.9 Å². The van der Waals surface area contributed by atoms with E-state index >= 15 is 0 Å². The molecule has 5 heteroatoms. The highest BCUT2D eigenvalue weighted by Crippen LogP contribution is 2.39. The van der Waals surface area contributed by atoms with Crippen molar-refractivity contribution in [3.8, 4) is 16.5 Å². The zero-order valence-electron chi connectivity index (χ0n) is 18.7. The number of carbonyl (C=O) groups is 1. The van der Waals surface area contributed by atoms with Crippen molar-refractivity contribution in [3.63, 3.8) is 0 Å². The molecule has 1 unspecified atom stereocenters. The van der Waals surface area contributed by atoms with Crippen LogP contribution in [0.5, 0.6) is 0 Å². The molecule has 2 aromatic heterocycles. The molecular weight excluding hydrogens is 470 g/mol. The average Bonchev–Trinajstić information content (AvgIpc) is 3.46. The lowest BCUT2D eigenvalue weighted by Crippen LogP contribution is -2.01. The fraction of sp³-hybridized carbons (Fsp3) is 0.0667. The number of aliphatic carboxylic acids is 1. The third-order valence-corrected chi connectivity index (χ3v) is 8.16. The third kappa shape index (κ3) is 5.09. The van der Waals surface area contributed by atoms with Gasteiger partial charge in [-0.1, -0.05) is 85.0 Å². The van der Waals surface area contributed by atoms with Crippen LogP contribution in [-0.4, -0.2) is 11.1 Å². The van der Waals surface area contributed by atoms with Crippen molar-refractivity contribution in [3.05, 3.63) is 113 Å². The summed E-state index contributed by atoms with van der Waals surface area (Å²) in [5.74, 6) is -0.845. The second kappa shape index (κ2) is 10.1. The molecule has 5 rings (SSSR count). The van der Waals surface area contributed by atoms with Crippen molar-refractivity contribution in [2.45, 2.75) is 6.42 Å².